The number of alkyl halides is 1. The van der Waals surface area contributed by atoms with Gasteiger partial charge in [-0.2, -0.15) is 0 Å². The van der Waals surface area contributed by atoms with Gasteiger partial charge in [0, 0.05) is 31.0 Å². The topological polar surface area (TPSA) is 15.7 Å². The molecule has 0 spiro atoms. The van der Waals surface area contributed by atoms with Crippen LogP contribution in [-0.2, 0) is 4.74 Å². The lowest BCUT2D eigenvalue weighted by atomic mass is 10.2. The summed E-state index contributed by atoms with van der Waals surface area (Å²) in [5, 5.41) is 1.03. The minimum absolute atomic E-state index is 0.585. The van der Waals surface area contributed by atoms with Gasteiger partial charge in [0.25, 0.3) is 0 Å². The van der Waals surface area contributed by atoms with E-state index in [9.17, 15) is 0 Å². The van der Waals surface area contributed by atoms with Crippen molar-refractivity contribution in [1.82, 2.24) is 9.80 Å². The van der Waals surface area contributed by atoms with Crippen molar-refractivity contribution in [3.63, 3.8) is 0 Å². The van der Waals surface area contributed by atoms with E-state index in [0.29, 0.717) is 6.04 Å². The number of hydrogen-bond donors (Lipinski definition) is 0. The van der Waals surface area contributed by atoms with E-state index in [2.05, 4.69) is 25.7 Å². The molecule has 0 N–H and O–H groups in total. The zero-order chi connectivity index (χ0) is 10.5. The Bertz CT molecular complexity index is 185. The first kappa shape index (κ1) is 11.8. The number of halogens is 1. The summed E-state index contributed by atoms with van der Waals surface area (Å²) in [6.07, 6.45) is 2.79. The molecule has 2 saturated heterocycles. The van der Waals surface area contributed by atoms with E-state index in [0.717, 1.165) is 25.1 Å². The third kappa shape index (κ3) is 3.41. The van der Waals surface area contributed by atoms with Crippen LogP contribution < -0.4 is 0 Å². The Morgan fingerprint density at radius 1 is 1.13 bits per heavy atom. The van der Waals surface area contributed by atoms with E-state index >= 15 is 0 Å². The van der Waals surface area contributed by atoms with Crippen LogP contribution in [0.5, 0.6) is 0 Å². The van der Waals surface area contributed by atoms with Crippen LogP contribution >= 0.6 is 15.9 Å². The van der Waals surface area contributed by atoms with E-state index in [-0.39, 0.29) is 0 Å². The molecule has 0 radical (unpaired) electrons. The summed E-state index contributed by atoms with van der Waals surface area (Å²) in [5.41, 5.74) is 0. The first-order valence-electron chi connectivity index (χ1n) is 6.00. The Kier molecular flexibility index (Phi) is 4.88. The van der Waals surface area contributed by atoms with E-state index in [1.54, 1.807) is 0 Å². The van der Waals surface area contributed by atoms with Gasteiger partial charge in [-0.05, 0) is 25.9 Å². The van der Waals surface area contributed by atoms with Crippen molar-refractivity contribution >= 4 is 15.9 Å². The van der Waals surface area contributed by atoms with Crippen LogP contribution in [0.25, 0.3) is 0 Å². The SMILES string of the molecule is BrCC1COCCN1CCN1CCCC1. The van der Waals surface area contributed by atoms with Gasteiger partial charge in [-0.3, -0.25) is 4.90 Å². The van der Waals surface area contributed by atoms with Gasteiger partial charge < -0.3 is 9.64 Å². The van der Waals surface area contributed by atoms with Crippen LogP contribution in [0.4, 0.5) is 0 Å². The molecule has 1 unspecified atom stereocenters. The van der Waals surface area contributed by atoms with Crippen molar-refractivity contribution in [3.05, 3.63) is 0 Å². The maximum atomic E-state index is 5.49. The monoisotopic (exact) mass is 276 g/mol. The molecule has 3 nitrogen and oxygen atoms in total. The fraction of sp³-hybridized carbons (Fsp3) is 1.00. The van der Waals surface area contributed by atoms with Gasteiger partial charge in [0.15, 0.2) is 0 Å². The molecule has 2 aliphatic rings. The van der Waals surface area contributed by atoms with Crippen molar-refractivity contribution in [3.8, 4) is 0 Å². The highest BCUT2D eigenvalue weighted by Crippen LogP contribution is 2.11. The Morgan fingerprint density at radius 3 is 2.67 bits per heavy atom. The normalized spacial score (nSPS) is 29.8. The third-order valence-electron chi connectivity index (χ3n) is 3.43. The zero-order valence-corrected chi connectivity index (χ0v) is 10.9. The molecule has 15 heavy (non-hydrogen) atoms. The summed E-state index contributed by atoms with van der Waals surface area (Å²) in [7, 11) is 0. The van der Waals surface area contributed by atoms with Crippen LogP contribution in [0.3, 0.4) is 0 Å². The van der Waals surface area contributed by atoms with Crippen molar-refractivity contribution in [2.45, 2.75) is 18.9 Å². The number of hydrogen-bond acceptors (Lipinski definition) is 3. The van der Waals surface area contributed by atoms with Crippen molar-refractivity contribution in [2.24, 2.45) is 0 Å². The first-order chi connectivity index (χ1) is 7.40. The molecule has 0 aliphatic carbocycles. The van der Waals surface area contributed by atoms with Gasteiger partial charge in [-0.15, -0.1) is 0 Å². The summed E-state index contributed by atoms with van der Waals surface area (Å²) in [6.45, 7) is 7.97. The Balaban J connectivity index is 1.71. The minimum Gasteiger partial charge on any atom is -0.378 e. The highest BCUT2D eigenvalue weighted by Gasteiger charge is 2.22. The summed E-state index contributed by atoms with van der Waals surface area (Å²) >= 11 is 3.57. The Hall–Kier alpha value is 0.360. The average Bonchev–Trinajstić information content (AvgIpc) is 2.79. The van der Waals surface area contributed by atoms with Gasteiger partial charge in [0.2, 0.25) is 0 Å². The lowest BCUT2D eigenvalue weighted by molar-refractivity contribution is -0.000978. The number of morpholine rings is 1. The predicted molar refractivity (Wildman–Crippen MR) is 65.6 cm³/mol. The highest BCUT2D eigenvalue weighted by molar-refractivity contribution is 9.09. The molecule has 0 aromatic heterocycles. The molecule has 2 fully saturated rings. The van der Waals surface area contributed by atoms with Gasteiger partial charge in [0.05, 0.1) is 13.2 Å². The summed E-state index contributed by atoms with van der Waals surface area (Å²) in [6, 6.07) is 0.585. The van der Waals surface area contributed by atoms with E-state index in [1.807, 2.05) is 0 Å². The van der Waals surface area contributed by atoms with Crippen LogP contribution in [-0.4, -0.2) is 67.1 Å². The molecule has 1 atom stereocenters. The molecule has 2 aliphatic heterocycles. The van der Waals surface area contributed by atoms with Crippen LogP contribution in [0, 0.1) is 0 Å². The lowest BCUT2D eigenvalue weighted by Gasteiger charge is -2.35. The fourth-order valence-corrected chi connectivity index (χ4v) is 3.00. The van der Waals surface area contributed by atoms with E-state index in [1.165, 1.54) is 39.0 Å². The zero-order valence-electron chi connectivity index (χ0n) is 9.33. The first-order valence-corrected chi connectivity index (χ1v) is 7.12. The van der Waals surface area contributed by atoms with Crippen molar-refractivity contribution < 1.29 is 4.74 Å². The molecule has 0 aromatic carbocycles. The Morgan fingerprint density at radius 2 is 1.93 bits per heavy atom. The van der Waals surface area contributed by atoms with Gasteiger partial charge in [0.1, 0.15) is 0 Å². The largest absolute Gasteiger partial charge is 0.378 e. The molecule has 2 heterocycles. The van der Waals surface area contributed by atoms with Crippen LogP contribution in [0.1, 0.15) is 12.8 Å². The second-order valence-electron chi connectivity index (χ2n) is 4.47. The molecule has 4 heteroatoms. The molecular weight excluding hydrogens is 256 g/mol. The maximum Gasteiger partial charge on any atom is 0.0630 e. The maximum absolute atomic E-state index is 5.49. The second-order valence-corrected chi connectivity index (χ2v) is 5.12. The van der Waals surface area contributed by atoms with Crippen molar-refractivity contribution in [2.75, 3.05) is 51.3 Å². The Labute approximate surface area is 101 Å². The van der Waals surface area contributed by atoms with Crippen LogP contribution in [0.15, 0.2) is 0 Å². The summed E-state index contributed by atoms with van der Waals surface area (Å²) in [5.74, 6) is 0. The van der Waals surface area contributed by atoms with E-state index < -0.39 is 0 Å². The summed E-state index contributed by atoms with van der Waals surface area (Å²) in [4.78, 5) is 5.15. The predicted octanol–water partition coefficient (Wildman–Crippen LogP) is 1.18. The van der Waals surface area contributed by atoms with Crippen molar-refractivity contribution in [1.29, 1.82) is 0 Å². The third-order valence-corrected chi connectivity index (χ3v) is 4.18. The molecule has 0 bridgehead atoms. The average molecular weight is 277 g/mol. The number of nitrogens with zero attached hydrogens (tertiary/aromatic N) is 2. The standard InChI is InChI=1S/C11H21BrN2O/c12-9-11-10-15-8-7-14(11)6-5-13-3-1-2-4-13/h11H,1-10H2. The number of rotatable bonds is 4. The minimum atomic E-state index is 0.585. The molecule has 0 aromatic rings. The fourth-order valence-electron chi connectivity index (χ4n) is 2.40. The quantitative estimate of drug-likeness (QED) is 0.718. The lowest BCUT2D eigenvalue weighted by Crippen LogP contribution is -2.48. The highest BCUT2D eigenvalue weighted by atomic mass is 79.9. The van der Waals surface area contributed by atoms with Crippen LogP contribution in [0.2, 0.25) is 0 Å². The number of ether oxygens (including phenoxy) is 1. The van der Waals surface area contributed by atoms with E-state index in [4.69, 9.17) is 4.74 Å². The molecule has 0 amide bonds. The van der Waals surface area contributed by atoms with Gasteiger partial charge in [-0.25, -0.2) is 0 Å². The van der Waals surface area contributed by atoms with Gasteiger partial charge in [-0.1, -0.05) is 15.9 Å². The number of likely N-dealkylation sites (tertiary alicyclic amines) is 1. The van der Waals surface area contributed by atoms with Gasteiger partial charge >= 0.3 is 0 Å². The molecule has 2 rings (SSSR count). The second kappa shape index (κ2) is 6.18. The molecule has 0 saturated carbocycles. The molecule has 88 valence electrons. The smallest absolute Gasteiger partial charge is 0.0630 e. The molecular formula is C11H21BrN2O. The summed E-state index contributed by atoms with van der Waals surface area (Å²) < 4.78 is 5.49.